The summed E-state index contributed by atoms with van der Waals surface area (Å²) in [7, 11) is 1.19. The van der Waals surface area contributed by atoms with Gasteiger partial charge in [0.2, 0.25) is 0 Å². The first-order valence-electron chi connectivity index (χ1n) is 7.31. The van der Waals surface area contributed by atoms with Crippen LogP contribution in [0.4, 0.5) is 26.3 Å². The number of carbonyl (C=O) groups is 1. The highest BCUT2D eigenvalue weighted by Crippen LogP contribution is 2.38. The lowest BCUT2D eigenvalue weighted by Gasteiger charge is -2.21. The van der Waals surface area contributed by atoms with E-state index in [2.05, 4.69) is 4.99 Å². The fourth-order valence-corrected chi connectivity index (χ4v) is 4.82. The minimum Gasteiger partial charge on any atom is -0.328 e. The van der Waals surface area contributed by atoms with Crippen LogP contribution in [0.25, 0.3) is 0 Å². The van der Waals surface area contributed by atoms with Crippen LogP contribution in [0.2, 0.25) is 0 Å². The third kappa shape index (κ3) is 4.61. The van der Waals surface area contributed by atoms with Crippen molar-refractivity contribution in [1.29, 1.82) is 0 Å². The van der Waals surface area contributed by atoms with Gasteiger partial charge in [-0.2, -0.15) is 26.3 Å². The van der Waals surface area contributed by atoms with Crippen LogP contribution in [-0.2, 0) is 0 Å². The van der Waals surface area contributed by atoms with E-state index in [9.17, 15) is 31.1 Å². The lowest BCUT2D eigenvalue weighted by atomic mass is 10.1. The van der Waals surface area contributed by atoms with Crippen LogP contribution in [-0.4, -0.2) is 54.8 Å². The summed E-state index contributed by atoms with van der Waals surface area (Å²) in [5, 5.41) is 0. The molecule has 0 aliphatic carbocycles. The Balaban J connectivity index is 2.42. The Labute approximate surface area is 153 Å². The lowest BCUT2D eigenvalue weighted by molar-refractivity contribution is -0.140. The molecule has 2 rings (SSSR count). The molecule has 0 unspecified atom stereocenters. The van der Waals surface area contributed by atoms with E-state index in [-0.39, 0.29) is 27.8 Å². The zero-order chi connectivity index (χ0) is 19.7. The molecular formula is C15H14F6N2OS2. The van der Waals surface area contributed by atoms with Crippen LogP contribution >= 0.6 is 23.1 Å². The summed E-state index contributed by atoms with van der Waals surface area (Å²) in [4.78, 5) is 17.3. The van der Waals surface area contributed by atoms with Crippen LogP contribution in [0.1, 0.15) is 21.5 Å². The van der Waals surface area contributed by atoms with Crippen LogP contribution < -0.4 is 0 Å². The molecule has 3 nitrogen and oxygen atoms in total. The molecule has 0 atom stereocenters. The first-order valence-corrected chi connectivity index (χ1v) is 9.11. The smallest absolute Gasteiger partial charge is 0.328 e. The van der Waals surface area contributed by atoms with Gasteiger partial charge in [-0.05, 0) is 13.0 Å². The van der Waals surface area contributed by atoms with Gasteiger partial charge in [-0.3, -0.25) is 9.79 Å². The second kappa shape index (κ2) is 7.63. The summed E-state index contributed by atoms with van der Waals surface area (Å²) in [6.07, 6.45) is -8.31. The average Bonchev–Trinajstić information content (AvgIpc) is 2.86. The van der Waals surface area contributed by atoms with Gasteiger partial charge in [0.25, 0.3) is 5.91 Å². The van der Waals surface area contributed by atoms with Gasteiger partial charge >= 0.3 is 12.4 Å². The third-order valence-corrected chi connectivity index (χ3v) is 5.75. The minimum atomic E-state index is -4.63. The van der Waals surface area contributed by atoms with Gasteiger partial charge in [-0.1, -0.05) is 6.08 Å². The number of halogens is 6. The molecule has 1 amide bonds. The fourth-order valence-electron chi connectivity index (χ4n) is 2.42. The van der Waals surface area contributed by atoms with E-state index in [0.29, 0.717) is 9.80 Å². The second-order valence-electron chi connectivity index (χ2n) is 5.27. The number of fused-ring (bicyclic) bond motifs is 1. The van der Waals surface area contributed by atoms with E-state index in [1.165, 1.54) is 20.0 Å². The Morgan fingerprint density at radius 2 is 1.96 bits per heavy atom. The molecule has 26 heavy (non-hydrogen) atoms. The highest BCUT2D eigenvalue weighted by Gasteiger charge is 2.39. The summed E-state index contributed by atoms with van der Waals surface area (Å²) < 4.78 is 77.4. The predicted molar refractivity (Wildman–Crippen MR) is 89.3 cm³/mol. The number of nitrogens with zero attached hydrogens (tertiary/aromatic N) is 2. The second-order valence-corrected chi connectivity index (χ2v) is 7.46. The van der Waals surface area contributed by atoms with E-state index >= 15 is 0 Å². The summed E-state index contributed by atoms with van der Waals surface area (Å²) >= 11 is 1.87. The maximum atomic E-state index is 13.2. The number of thiophene rings is 1. The molecule has 0 bridgehead atoms. The Kier molecular flexibility index (Phi) is 6.11. The molecule has 0 saturated heterocycles. The Bertz CT molecular complexity index is 748. The summed E-state index contributed by atoms with van der Waals surface area (Å²) in [5.74, 6) is -0.609. The first kappa shape index (κ1) is 20.8. The number of hydrogen-bond donors (Lipinski definition) is 0. The van der Waals surface area contributed by atoms with Crippen LogP contribution in [0.3, 0.4) is 0 Å². The van der Waals surface area contributed by atoms with E-state index in [1.807, 2.05) is 0 Å². The number of thioether (sulfide) groups is 1. The SMILES string of the molecule is C/C=C(\C(=NC)c1cc2c(s1)C(=O)N(CC(F)(F)F)CCS2)C(F)(F)F. The molecule has 0 aromatic carbocycles. The number of amides is 1. The standard InChI is InChI=1S/C15H14F6N2OS2/c1-3-8(15(19,20)21)11(22-2)9-6-10-12(26-9)13(24)23(4-5-25-10)7-14(16,17)18/h3,6H,4-5,7H2,1-2H3/b8-3+,22-11?. The third-order valence-electron chi connectivity index (χ3n) is 3.47. The molecule has 0 N–H and O–H groups in total. The molecule has 144 valence electrons. The molecule has 1 aromatic rings. The van der Waals surface area contributed by atoms with Gasteiger partial charge in [-0.15, -0.1) is 23.1 Å². The van der Waals surface area contributed by atoms with Gasteiger partial charge in [0.1, 0.15) is 11.4 Å². The molecule has 11 heteroatoms. The van der Waals surface area contributed by atoms with E-state index in [0.717, 1.165) is 29.2 Å². The number of alkyl halides is 6. The predicted octanol–water partition coefficient (Wildman–Crippen LogP) is 4.79. The topological polar surface area (TPSA) is 32.7 Å². The molecule has 1 aliphatic heterocycles. The van der Waals surface area contributed by atoms with E-state index in [1.54, 1.807) is 0 Å². The lowest BCUT2D eigenvalue weighted by Crippen LogP contribution is -2.39. The molecule has 0 fully saturated rings. The maximum absolute atomic E-state index is 13.2. The fraction of sp³-hybridized carbons (Fsp3) is 0.467. The highest BCUT2D eigenvalue weighted by molar-refractivity contribution is 7.99. The van der Waals surface area contributed by atoms with E-state index in [4.69, 9.17) is 0 Å². The number of allylic oxidation sites excluding steroid dienone is 2. The van der Waals surface area contributed by atoms with Crippen molar-refractivity contribution < 1.29 is 31.1 Å². The number of rotatable bonds is 3. The molecule has 0 saturated carbocycles. The van der Waals surface area contributed by atoms with Crippen molar-refractivity contribution in [2.75, 3.05) is 25.9 Å². The van der Waals surface area contributed by atoms with Crippen molar-refractivity contribution in [1.82, 2.24) is 4.90 Å². The number of carbonyl (C=O) groups excluding carboxylic acids is 1. The van der Waals surface area contributed by atoms with Gasteiger partial charge in [0, 0.05) is 24.2 Å². The van der Waals surface area contributed by atoms with Gasteiger partial charge in [-0.25, -0.2) is 0 Å². The normalized spacial score (nSPS) is 17.4. The molecule has 2 heterocycles. The van der Waals surface area contributed by atoms with Crippen molar-refractivity contribution in [3.63, 3.8) is 0 Å². The van der Waals surface area contributed by atoms with Crippen LogP contribution in [0, 0.1) is 0 Å². The van der Waals surface area contributed by atoms with Gasteiger partial charge < -0.3 is 4.90 Å². The molecule has 1 aromatic heterocycles. The molecule has 0 spiro atoms. The Morgan fingerprint density at radius 1 is 1.31 bits per heavy atom. The summed E-state index contributed by atoms with van der Waals surface area (Å²) in [6, 6.07) is 1.39. The summed E-state index contributed by atoms with van der Waals surface area (Å²) in [6.45, 7) is -0.259. The quantitative estimate of drug-likeness (QED) is 0.525. The van der Waals surface area contributed by atoms with Crippen LogP contribution in [0.5, 0.6) is 0 Å². The van der Waals surface area contributed by atoms with Crippen molar-refractivity contribution >= 4 is 34.7 Å². The Morgan fingerprint density at radius 3 is 2.46 bits per heavy atom. The van der Waals surface area contributed by atoms with E-state index < -0.39 is 30.4 Å². The zero-order valence-corrected chi connectivity index (χ0v) is 15.3. The average molecular weight is 416 g/mol. The van der Waals surface area contributed by atoms with Gasteiger partial charge in [0.15, 0.2) is 0 Å². The zero-order valence-electron chi connectivity index (χ0n) is 13.7. The monoisotopic (exact) mass is 416 g/mol. The summed E-state index contributed by atoms with van der Waals surface area (Å²) in [5.41, 5.74) is -1.30. The number of hydrogen-bond acceptors (Lipinski definition) is 4. The molecule has 0 radical (unpaired) electrons. The van der Waals surface area contributed by atoms with Crippen LogP contribution in [0.15, 0.2) is 27.6 Å². The first-order chi connectivity index (χ1) is 12.0. The maximum Gasteiger partial charge on any atom is 0.418 e. The Hall–Kier alpha value is -1.49. The largest absolute Gasteiger partial charge is 0.418 e. The van der Waals surface area contributed by atoms with Crippen molar-refractivity contribution in [2.24, 2.45) is 4.99 Å². The van der Waals surface area contributed by atoms with Crippen molar-refractivity contribution in [3.8, 4) is 0 Å². The highest BCUT2D eigenvalue weighted by atomic mass is 32.2. The van der Waals surface area contributed by atoms with Crippen molar-refractivity contribution in [3.05, 3.63) is 27.5 Å². The molecule has 1 aliphatic rings. The minimum absolute atomic E-state index is 0.00512. The van der Waals surface area contributed by atoms with Crippen molar-refractivity contribution in [2.45, 2.75) is 24.2 Å². The number of aliphatic imine (C=N–C) groups is 1. The molecular weight excluding hydrogens is 402 g/mol. The van der Waals surface area contributed by atoms with Gasteiger partial charge in [0.05, 0.1) is 16.2 Å².